The lowest BCUT2D eigenvalue weighted by molar-refractivity contribution is 0.225. The average molecular weight is 416 g/mol. The smallest absolute Gasteiger partial charge is 0.247 e. The molecule has 6 nitrogen and oxygen atoms in total. The molecule has 0 saturated carbocycles. The number of nitrogens with zero attached hydrogens (tertiary/aromatic N) is 4. The molecule has 1 N–H and O–H groups in total. The SMILES string of the molecule is CCSc1nnc2c(n1)OC(c1cccnc1)Nc1ccc(Br)cc1-2. The van der Waals surface area contributed by atoms with Crippen LogP contribution in [0.5, 0.6) is 5.88 Å². The topological polar surface area (TPSA) is 72.8 Å². The minimum absolute atomic E-state index is 0.411. The Hall–Kier alpha value is -2.19. The normalized spacial score (nSPS) is 15.4. The van der Waals surface area contributed by atoms with E-state index in [-0.39, 0.29) is 0 Å². The lowest BCUT2D eigenvalue weighted by Gasteiger charge is -2.18. The van der Waals surface area contributed by atoms with Crippen LogP contribution >= 0.6 is 27.7 Å². The first kappa shape index (κ1) is 16.3. The molecule has 0 saturated heterocycles. The standard InChI is InChI=1S/C17H14BrN5OS/c1-2-25-17-21-16-14(22-23-17)12-8-11(18)5-6-13(12)20-15(24-16)10-4-3-7-19-9-10/h3-9,15,20H,2H2,1H3. The molecular formula is C17H14BrN5OS. The van der Waals surface area contributed by atoms with Gasteiger partial charge in [0.15, 0.2) is 11.9 Å². The van der Waals surface area contributed by atoms with Crippen molar-refractivity contribution in [2.75, 3.05) is 11.1 Å². The van der Waals surface area contributed by atoms with E-state index in [1.165, 1.54) is 11.8 Å². The molecule has 0 fully saturated rings. The van der Waals surface area contributed by atoms with Crippen LogP contribution in [0, 0.1) is 0 Å². The monoisotopic (exact) mass is 415 g/mol. The number of nitrogens with one attached hydrogen (secondary N) is 1. The lowest BCUT2D eigenvalue weighted by atomic mass is 10.1. The van der Waals surface area contributed by atoms with Crippen LogP contribution < -0.4 is 10.1 Å². The fraction of sp³-hybridized carbons (Fsp3) is 0.176. The quantitative estimate of drug-likeness (QED) is 0.638. The molecule has 1 unspecified atom stereocenters. The van der Waals surface area contributed by atoms with E-state index in [1.807, 2.05) is 37.3 Å². The van der Waals surface area contributed by atoms with E-state index in [0.29, 0.717) is 16.7 Å². The van der Waals surface area contributed by atoms with Crippen LogP contribution in [0.15, 0.2) is 52.4 Å². The Morgan fingerprint density at radius 3 is 3.00 bits per heavy atom. The van der Waals surface area contributed by atoms with Gasteiger partial charge in [-0.05, 0) is 30.0 Å². The summed E-state index contributed by atoms with van der Waals surface area (Å²) in [5.41, 5.74) is 3.33. The van der Waals surface area contributed by atoms with Crippen molar-refractivity contribution in [2.45, 2.75) is 18.3 Å². The second-order valence-electron chi connectivity index (χ2n) is 5.30. The van der Waals surface area contributed by atoms with Gasteiger partial charge in [-0.15, -0.1) is 10.2 Å². The summed E-state index contributed by atoms with van der Waals surface area (Å²) in [5.74, 6) is 1.33. The second-order valence-corrected chi connectivity index (χ2v) is 7.45. The molecule has 2 aromatic heterocycles. The summed E-state index contributed by atoms with van der Waals surface area (Å²) in [6.45, 7) is 2.05. The van der Waals surface area contributed by atoms with Crippen molar-refractivity contribution in [3.05, 3.63) is 52.8 Å². The zero-order valence-corrected chi connectivity index (χ0v) is 15.7. The Morgan fingerprint density at radius 1 is 1.28 bits per heavy atom. The van der Waals surface area contributed by atoms with Crippen LogP contribution in [-0.2, 0) is 0 Å². The van der Waals surface area contributed by atoms with Gasteiger partial charge in [0.25, 0.3) is 0 Å². The number of halogens is 1. The zero-order chi connectivity index (χ0) is 17.2. The molecule has 1 aromatic carbocycles. The highest BCUT2D eigenvalue weighted by Crippen LogP contribution is 2.40. The van der Waals surface area contributed by atoms with E-state index in [9.17, 15) is 0 Å². The van der Waals surface area contributed by atoms with Crippen LogP contribution in [0.1, 0.15) is 18.7 Å². The molecule has 0 bridgehead atoms. The van der Waals surface area contributed by atoms with Crippen molar-refractivity contribution in [3.63, 3.8) is 0 Å². The number of hydrogen-bond acceptors (Lipinski definition) is 7. The fourth-order valence-electron chi connectivity index (χ4n) is 2.54. The first-order valence-electron chi connectivity index (χ1n) is 7.75. The number of thioether (sulfide) groups is 1. The summed E-state index contributed by atoms with van der Waals surface area (Å²) in [5, 5.41) is 12.6. The van der Waals surface area contributed by atoms with Gasteiger partial charge in [-0.3, -0.25) is 4.98 Å². The molecule has 1 atom stereocenters. The highest BCUT2D eigenvalue weighted by Gasteiger charge is 2.26. The largest absolute Gasteiger partial charge is 0.448 e. The molecule has 126 valence electrons. The Labute approximate surface area is 157 Å². The molecule has 1 aliphatic rings. The van der Waals surface area contributed by atoms with E-state index in [0.717, 1.165) is 27.0 Å². The van der Waals surface area contributed by atoms with Gasteiger partial charge in [-0.2, -0.15) is 4.98 Å². The maximum Gasteiger partial charge on any atom is 0.247 e. The van der Waals surface area contributed by atoms with Gasteiger partial charge in [-0.1, -0.05) is 40.7 Å². The van der Waals surface area contributed by atoms with Crippen molar-refractivity contribution >= 4 is 33.4 Å². The molecule has 3 aromatic rings. The van der Waals surface area contributed by atoms with Crippen LogP contribution in [0.2, 0.25) is 0 Å². The fourth-order valence-corrected chi connectivity index (χ4v) is 3.41. The number of ether oxygens (including phenoxy) is 1. The predicted molar refractivity (Wildman–Crippen MR) is 101 cm³/mol. The number of benzene rings is 1. The van der Waals surface area contributed by atoms with Crippen molar-refractivity contribution < 1.29 is 4.74 Å². The van der Waals surface area contributed by atoms with E-state index in [1.54, 1.807) is 12.4 Å². The van der Waals surface area contributed by atoms with Gasteiger partial charge in [0.05, 0.1) is 0 Å². The average Bonchev–Trinajstić information content (AvgIpc) is 2.79. The molecule has 0 amide bonds. The van der Waals surface area contributed by atoms with Crippen LogP contribution in [0.3, 0.4) is 0 Å². The lowest BCUT2D eigenvalue weighted by Crippen LogP contribution is -2.17. The van der Waals surface area contributed by atoms with Crippen molar-refractivity contribution in [1.82, 2.24) is 20.2 Å². The highest BCUT2D eigenvalue weighted by molar-refractivity contribution is 9.10. The molecule has 4 rings (SSSR count). The summed E-state index contributed by atoms with van der Waals surface area (Å²) < 4.78 is 7.11. The number of pyridine rings is 1. The van der Waals surface area contributed by atoms with Crippen molar-refractivity contribution in [2.24, 2.45) is 0 Å². The maximum atomic E-state index is 6.16. The Morgan fingerprint density at radius 2 is 2.20 bits per heavy atom. The Bertz CT molecular complexity index is 909. The Kier molecular flexibility index (Phi) is 4.54. The van der Waals surface area contributed by atoms with Crippen molar-refractivity contribution in [3.8, 4) is 17.1 Å². The number of rotatable bonds is 3. The Balaban J connectivity index is 1.86. The summed E-state index contributed by atoms with van der Waals surface area (Å²) in [6, 6.07) is 9.78. The minimum atomic E-state index is -0.411. The van der Waals surface area contributed by atoms with E-state index >= 15 is 0 Å². The van der Waals surface area contributed by atoms with Gasteiger partial charge in [0.1, 0.15) is 0 Å². The number of fused-ring (bicyclic) bond motifs is 3. The molecule has 8 heteroatoms. The van der Waals surface area contributed by atoms with E-state index in [2.05, 4.69) is 41.4 Å². The van der Waals surface area contributed by atoms with Crippen LogP contribution in [0.25, 0.3) is 11.3 Å². The van der Waals surface area contributed by atoms with Gasteiger partial charge < -0.3 is 10.1 Å². The molecule has 1 aliphatic heterocycles. The van der Waals surface area contributed by atoms with E-state index in [4.69, 9.17) is 4.74 Å². The highest BCUT2D eigenvalue weighted by atomic mass is 79.9. The van der Waals surface area contributed by atoms with Gasteiger partial charge in [0, 0.05) is 33.7 Å². The number of aromatic nitrogens is 4. The molecule has 3 heterocycles. The van der Waals surface area contributed by atoms with Gasteiger partial charge in [-0.25, -0.2) is 0 Å². The predicted octanol–water partition coefficient (Wildman–Crippen LogP) is 4.31. The zero-order valence-electron chi connectivity index (χ0n) is 13.3. The van der Waals surface area contributed by atoms with Gasteiger partial charge >= 0.3 is 0 Å². The first-order valence-corrected chi connectivity index (χ1v) is 9.53. The molecule has 0 spiro atoms. The summed E-state index contributed by atoms with van der Waals surface area (Å²) >= 11 is 5.05. The van der Waals surface area contributed by atoms with Gasteiger partial charge in [0.2, 0.25) is 11.0 Å². The third kappa shape index (κ3) is 3.32. The summed E-state index contributed by atoms with van der Waals surface area (Å²) in [7, 11) is 0. The molecular weight excluding hydrogens is 402 g/mol. The summed E-state index contributed by atoms with van der Waals surface area (Å²) in [4.78, 5) is 8.74. The molecule has 0 radical (unpaired) electrons. The van der Waals surface area contributed by atoms with Crippen molar-refractivity contribution in [1.29, 1.82) is 0 Å². The minimum Gasteiger partial charge on any atom is -0.448 e. The van der Waals surface area contributed by atoms with Crippen LogP contribution in [-0.4, -0.2) is 25.9 Å². The molecule has 0 aliphatic carbocycles. The second kappa shape index (κ2) is 6.97. The van der Waals surface area contributed by atoms with E-state index < -0.39 is 6.23 Å². The maximum absolute atomic E-state index is 6.16. The number of anilines is 1. The summed E-state index contributed by atoms with van der Waals surface area (Å²) in [6.07, 6.45) is 3.10. The number of hydrogen-bond donors (Lipinski definition) is 1. The van der Waals surface area contributed by atoms with Crippen LogP contribution in [0.4, 0.5) is 5.69 Å². The first-order chi connectivity index (χ1) is 12.2. The third-order valence-electron chi connectivity index (χ3n) is 3.65. The third-order valence-corrected chi connectivity index (χ3v) is 4.86. The molecule has 25 heavy (non-hydrogen) atoms.